The van der Waals surface area contributed by atoms with Crippen molar-refractivity contribution in [1.29, 1.82) is 0 Å². The van der Waals surface area contributed by atoms with Gasteiger partial charge < -0.3 is 0 Å². The molecule has 18 heavy (non-hydrogen) atoms. The van der Waals surface area contributed by atoms with Crippen molar-refractivity contribution in [2.75, 3.05) is 0 Å². The number of carbonyl (C=O) groups is 1. The van der Waals surface area contributed by atoms with E-state index in [1.807, 2.05) is 36.4 Å². The molecule has 0 radical (unpaired) electrons. The third kappa shape index (κ3) is 1.76. The Balaban J connectivity index is 2.27. The number of para-hydroxylation sites is 1. The second-order valence-corrected chi connectivity index (χ2v) is 3.97. The summed E-state index contributed by atoms with van der Waals surface area (Å²) in [6.07, 6.45) is 4.20. The van der Waals surface area contributed by atoms with Crippen LogP contribution in [0.3, 0.4) is 0 Å². The molecule has 0 aliphatic heterocycles. The van der Waals surface area contributed by atoms with E-state index in [-0.39, 0.29) is 0 Å². The maximum atomic E-state index is 10.8. The predicted octanol–water partition coefficient (Wildman–Crippen LogP) is 3.11. The van der Waals surface area contributed by atoms with E-state index in [1.54, 1.807) is 18.5 Å². The fourth-order valence-corrected chi connectivity index (χ4v) is 2.01. The van der Waals surface area contributed by atoms with Gasteiger partial charge in [0.25, 0.3) is 0 Å². The van der Waals surface area contributed by atoms with Crippen molar-refractivity contribution < 1.29 is 4.79 Å². The standard InChI is InChI=1S/C15H10N2O/c18-10-11-3-1-4-12(9-11)13-5-2-6-14-15(13)17-8-7-16-14/h1-10H. The summed E-state index contributed by atoms with van der Waals surface area (Å²) in [5.74, 6) is 0. The molecule has 2 aromatic carbocycles. The van der Waals surface area contributed by atoms with Gasteiger partial charge in [-0.3, -0.25) is 14.8 Å². The van der Waals surface area contributed by atoms with Crippen molar-refractivity contribution in [3.05, 3.63) is 60.4 Å². The Morgan fingerprint density at radius 1 is 0.944 bits per heavy atom. The molecule has 0 aliphatic carbocycles. The summed E-state index contributed by atoms with van der Waals surface area (Å²) in [6.45, 7) is 0. The Bertz CT molecular complexity index is 717. The molecule has 86 valence electrons. The highest BCUT2D eigenvalue weighted by atomic mass is 16.1. The molecule has 0 spiro atoms. The van der Waals surface area contributed by atoms with Gasteiger partial charge in [-0.1, -0.05) is 30.3 Å². The summed E-state index contributed by atoms with van der Waals surface area (Å²) in [4.78, 5) is 19.5. The highest BCUT2D eigenvalue weighted by Gasteiger charge is 2.05. The number of hydrogen-bond acceptors (Lipinski definition) is 3. The number of rotatable bonds is 2. The largest absolute Gasteiger partial charge is 0.298 e. The van der Waals surface area contributed by atoms with Crippen LogP contribution in [0.2, 0.25) is 0 Å². The predicted molar refractivity (Wildman–Crippen MR) is 70.4 cm³/mol. The topological polar surface area (TPSA) is 42.9 Å². The summed E-state index contributed by atoms with van der Waals surface area (Å²) in [5, 5.41) is 0. The number of fused-ring (bicyclic) bond motifs is 1. The molecule has 3 nitrogen and oxygen atoms in total. The highest BCUT2D eigenvalue weighted by Crippen LogP contribution is 2.26. The Morgan fingerprint density at radius 3 is 2.67 bits per heavy atom. The molecule has 0 amide bonds. The number of benzene rings is 2. The van der Waals surface area contributed by atoms with E-state index >= 15 is 0 Å². The number of aldehydes is 1. The zero-order valence-electron chi connectivity index (χ0n) is 9.58. The van der Waals surface area contributed by atoms with Gasteiger partial charge in [-0.25, -0.2) is 0 Å². The molecule has 0 bridgehead atoms. The molecule has 0 unspecified atom stereocenters. The summed E-state index contributed by atoms with van der Waals surface area (Å²) >= 11 is 0. The second-order valence-electron chi connectivity index (χ2n) is 3.97. The summed E-state index contributed by atoms with van der Waals surface area (Å²) in [6, 6.07) is 13.3. The lowest BCUT2D eigenvalue weighted by Gasteiger charge is -2.05. The lowest BCUT2D eigenvalue weighted by molar-refractivity contribution is 0.112. The fourth-order valence-electron chi connectivity index (χ4n) is 2.01. The van der Waals surface area contributed by atoms with Crippen molar-refractivity contribution in [3.63, 3.8) is 0 Å². The van der Waals surface area contributed by atoms with E-state index in [4.69, 9.17) is 0 Å². The van der Waals surface area contributed by atoms with E-state index in [0.29, 0.717) is 5.56 Å². The molecule has 3 rings (SSSR count). The number of hydrogen-bond donors (Lipinski definition) is 0. The minimum atomic E-state index is 0.661. The van der Waals surface area contributed by atoms with Gasteiger partial charge in [-0.05, 0) is 17.7 Å². The van der Waals surface area contributed by atoms with Crippen LogP contribution in [0, 0.1) is 0 Å². The first-order valence-corrected chi connectivity index (χ1v) is 5.64. The van der Waals surface area contributed by atoms with Crippen molar-refractivity contribution >= 4 is 17.3 Å². The monoisotopic (exact) mass is 234 g/mol. The highest BCUT2D eigenvalue weighted by molar-refractivity contribution is 5.92. The molecule has 0 atom stereocenters. The van der Waals surface area contributed by atoms with Crippen molar-refractivity contribution in [2.24, 2.45) is 0 Å². The molecule has 0 saturated carbocycles. The SMILES string of the molecule is O=Cc1cccc(-c2cccc3nccnc23)c1. The van der Waals surface area contributed by atoms with Gasteiger partial charge in [0.1, 0.15) is 6.29 Å². The van der Waals surface area contributed by atoms with E-state index in [9.17, 15) is 4.79 Å². The van der Waals surface area contributed by atoms with E-state index < -0.39 is 0 Å². The lowest BCUT2D eigenvalue weighted by atomic mass is 10.0. The van der Waals surface area contributed by atoms with Gasteiger partial charge in [-0.15, -0.1) is 0 Å². The van der Waals surface area contributed by atoms with Crippen LogP contribution in [-0.2, 0) is 0 Å². The average molecular weight is 234 g/mol. The van der Waals surface area contributed by atoms with Gasteiger partial charge in [-0.2, -0.15) is 0 Å². The molecule has 0 saturated heterocycles. The van der Waals surface area contributed by atoms with Crippen molar-refractivity contribution in [2.45, 2.75) is 0 Å². The maximum absolute atomic E-state index is 10.8. The second kappa shape index (κ2) is 4.37. The van der Waals surface area contributed by atoms with Crippen LogP contribution in [0.15, 0.2) is 54.9 Å². The molecule has 1 aromatic heterocycles. The number of aromatic nitrogens is 2. The van der Waals surface area contributed by atoms with Gasteiger partial charge in [0.15, 0.2) is 0 Å². The molecule has 3 heteroatoms. The fraction of sp³-hybridized carbons (Fsp3) is 0. The van der Waals surface area contributed by atoms with Crippen LogP contribution in [0.1, 0.15) is 10.4 Å². The third-order valence-electron chi connectivity index (χ3n) is 2.83. The third-order valence-corrected chi connectivity index (χ3v) is 2.83. The molecule has 3 aromatic rings. The van der Waals surface area contributed by atoms with Gasteiger partial charge in [0, 0.05) is 23.5 Å². The summed E-state index contributed by atoms with van der Waals surface area (Å²) < 4.78 is 0. The first-order valence-electron chi connectivity index (χ1n) is 5.64. The van der Waals surface area contributed by atoms with Crippen LogP contribution in [0.5, 0.6) is 0 Å². The summed E-state index contributed by atoms with van der Waals surface area (Å²) in [5.41, 5.74) is 4.33. The van der Waals surface area contributed by atoms with Gasteiger partial charge in [0.2, 0.25) is 0 Å². The van der Waals surface area contributed by atoms with Crippen LogP contribution in [0.4, 0.5) is 0 Å². The minimum absolute atomic E-state index is 0.661. The van der Waals surface area contributed by atoms with E-state index in [2.05, 4.69) is 9.97 Å². The Morgan fingerprint density at radius 2 is 1.78 bits per heavy atom. The molecular weight excluding hydrogens is 224 g/mol. The smallest absolute Gasteiger partial charge is 0.150 e. The molecule has 0 aliphatic rings. The van der Waals surface area contributed by atoms with Gasteiger partial charge >= 0.3 is 0 Å². The van der Waals surface area contributed by atoms with E-state index in [1.165, 1.54) is 0 Å². The normalized spacial score (nSPS) is 10.4. The number of carbonyl (C=O) groups excluding carboxylic acids is 1. The Hall–Kier alpha value is -2.55. The minimum Gasteiger partial charge on any atom is -0.298 e. The van der Waals surface area contributed by atoms with Crippen LogP contribution < -0.4 is 0 Å². The zero-order valence-corrected chi connectivity index (χ0v) is 9.58. The van der Waals surface area contributed by atoms with Gasteiger partial charge in [0.05, 0.1) is 11.0 Å². The summed E-state index contributed by atoms with van der Waals surface area (Å²) in [7, 11) is 0. The molecule has 0 N–H and O–H groups in total. The average Bonchev–Trinajstić information content (AvgIpc) is 2.47. The lowest BCUT2D eigenvalue weighted by Crippen LogP contribution is -1.88. The van der Waals surface area contributed by atoms with Crippen LogP contribution in [-0.4, -0.2) is 16.3 Å². The molecular formula is C15H10N2O. The quantitative estimate of drug-likeness (QED) is 0.640. The van der Waals surface area contributed by atoms with Crippen molar-refractivity contribution in [1.82, 2.24) is 9.97 Å². The van der Waals surface area contributed by atoms with Crippen molar-refractivity contribution in [3.8, 4) is 11.1 Å². The Kier molecular flexibility index (Phi) is 2.57. The first-order chi connectivity index (χ1) is 8.88. The molecule has 1 heterocycles. The van der Waals surface area contributed by atoms with Crippen LogP contribution in [0.25, 0.3) is 22.2 Å². The first kappa shape index (κ1) is 10.6. The zero-order chi connectivity index (χ0) is 12.4. The van der Waals surface area contributed by atoms with E-state index in [0.717, 1.165) is 28.4 Å². The molecule has 0 fully saturated rings. The van der Waals surface area contributed by atoms with Crippen LogP contribution >= 0.6 is 0 Å². The Labute approximate surface area is 104 Å². The maximum Gasteiger partial charge on any atom is 0.150 e. The number of nitrogens with zero attached hydrogens (tertiary/aromatic N) is 2.